The van der Waals surface area contributed by atoms with Gasteiger partial charge in [0.2, 0.25) is 0 Å². The molecule has 0 unspecified atom stereocenters. The SMILES string of the molecule is COc1ccc(-c2cc(C(=O)OCC(=O)N(C)[C@H]3CCS(=O)(=O)C3)c3ccccc3n2)cc1. The summed E-state index contributed by atoms with van der Waals surface area (Å²) >= 11 is 0. The van der Waals surface area contributed by atoms with Crippen molar-refractivity contribution in [1.29, 1.82) is 0 Å². The molecule has 1 fully saturated rings. The highest BCUT2D eigenvalue weighted by Gasteiger charge is 2.33. The van der Waals surface area contributed by atoms with Gasteiger partial charge in [0.05, 0.1) is 35.4 Å². The zero-order valence-electron chi connectivity index (χ0n) is 18.4. The molecular formula is C24H24N2O6S. The van der Waals surface area contributed by atoms with E-state index in [-0.39, 0.29) is 11.5 Å². The number of sulfone groups is 1. The summed E-state index contributed by atoms with van der Waals surface area (Å²) < 4.78 is 33.9. The zero-order chi connectivity index (χ0) is 23.6. The van der Waals surface area contributed by atoms with Crippen LogP contribution in [0.2, 0.25) is 0 Å². The van der Waals surface area contributed by atoms with Crippen molar-refractivity contribution in [2.24, 2.45) is 0 Å². The van der Waals surface area contributed by atoms with E-state index in [2.05, 4.69) is 4.98 Å². The highest BCUT2D eigenvalue weighted by molar-refractivity contribution is 7.91. The number of hydrogen-bond donors (Lipinski definition) is 0. The van der Waals surface area contributed by atoms with Crippen molar-refractivity contribution >= 4 is 32.6 Å². The van der Waals surface area contributed by atoms with E-state index in [1.807, 2.05) is 30.3 Å². The highest BCUT2D eigenvalue weighted by atomic mass is 32.2. The fourth-order valence-corrected chi connectivity index (χ4v) is 5.62. The van der Waals surface area contributed by atoms with Gasteiger partial charge in [0.1, 0.15) is 5.75 Å². The summed E-state index contributed by atoms with van der Waals surface area (Å²) in [6.07, 6.45) is 0.388. The largest absolute Gasteiger partial charge is 0.497 e. The van der Waals surface area contributed by atoms with E-state index >= 15 is 0 Å². The Morgan fingerprint density at radius 3 is 2.52 bits per heavy atom. The van der Waals surface area contributed by atoms with Gasteiger partial charge in [-0.15, -0.1) is 0 Å². The molecule has 0 radical (unpaired) electrons. The number of para-hydroxylation sites is 1. The lowest BCUT2D eigenvalue weighted by Crippen LogP contribution is -2.40. The quantitative estimate of drug-likeness (QED) is 0.513. The van der Waals surface area contributed by atoms with Crippen LogP contribution in [0.1, 0.15) is 16.8 Å². The predicted molar refractivity (Wildman–Crippen MR) is 124 cm³/mol. The maximum Gasteiger partial charge on any atom is 0.339 e. The van der Waals surface area contributed by atoms with Crippen molar-refractivity contribution in [3.05, 3.63) is 60.2 Å². The Morgan fingerprint density at radius 2 is 1.85 bits per heavy atom. The number of aromatic nitrogens is 1. The monoisotopic (exact) mass is 468 g/mol. The molecule has 0 spiro atoms. The molecule has 3 aromatic rings. The number of hydrogen-bond acceptors (Lipinski definition) is 7. The Morgan fingerprint density at radius 1 is 1.12 bits per heavy atom. The van der Waals surface area contributed by atoms with Gasteiger partial charge >= 0.3 is 5.97 Å². The van der Waals surface area contributed by atoms with E-state index < -0.39 is 34.4 Å². The topological polar surface area (TPSA) is 103 Å². The molecule has 1 amide bonds. The lowest BCUT2D eigenvalue weighted by molar-refractivity contribution is -0.134. The van der Waals surface area contributed by atoms with E-state index in [0.29, 0.717) is 34.3 Å². The Labute approximate surface area is 192 Å². The van der Waals surface area contributed by atoms with Crippen molar-refractivity contribution in [1.82, 2.24) is 9.88 Å². The van der Waals surface area contributed by atoms with E-state index in [1.165, 1.54) is 11.9 Å². The minimum atomic E-state index is -3.12. The van der Waals surface area contributed by atoms with Gasteiger partial charge in [0, 0.05) is 24.0 Å². The molecule has 172 valence electrons. The maximum atomic E-state index is 13.0. The third-order valence-electron chi connectivity index (χ3n) is 5.80. The van der Waals surface area contributed by atoms with Crippen LogP contribution in [-0.2, 0) is 19.4 Å². The number of fused-ring (bicyclic) bond motifs is 1. The molecule has 0 bridgehead atoms. The molecule has 9 heteroatoms. The summed E-state index contributed by atoms with van der Waals surface area (Å²) in [7, 11) is -0.00657. The molecule has 2 heterocycles. The molecule has 1 aliphatic rings. The van der Waals surface area contributed by atoms with Crippen molar-refractivity contribution in [2.75, 3.05) is 32.3 Å². The Balaban J connectivity index is 1.55. The minimum absolute atomic E-state index is 0.0617. The molecule has 8 nitrogen and oxygen atoms in total. The van der Waals surface area contributed by atoms with Gasteiger partial charge in [0.15, 0.2) is 16.4 Å². The molecule has 0 saturated carbocycles. The lowest BCUT2D eigenvalue weighted by atomic mass is 10.0. The van der Waals surface area contributed by atoms with Crippen LogP contribution in [0.5, 0.6) is 5.75 Å². The number of likely N-dealkylation sites (N-methyl/N-ethyl adjacent to an activating group) is 1. The molecule has 1 aromatic heterocycles. The summed E-state index contributed by atoms with van der Waals surface area (Å²) in [5, 5.41) is 0.613. The van der Waals surface area contributed by atoms with Crippen LogP contribution in [0, 0.1) is 0 Å². The number of nitrogens with zero attached hydrogens (tertiary/aromatic N) is 2. The number of amides is 1. The second kappa shape index (κ2) is 9.19. The van der Waals surface area contributed by atoms with Crippen LogP contribution >= 0.6 is 0 Å². The maximum absolute atomic E-state index is 13.0. The van der Waals surface area contributed by atoms with Crippen LogP contribution in [-0.4, -0.2) is 68.5 Å². The molecule has 1 aliphatic heterocycles. The Bertz CT molecular complexity index is 1300. The van der Waals surface area contributed by atoms with Gasteiger partial charge in [-0.3, -0.25) is 4.79 Å². The number of pyridine rings is 1. The van der Waals surface area contributed by atoms with Crippen molar-refractivity contribution < 1.29 is 27.5 Å². The standard InChI is InChI=1S/C24H24N2O6S/c1-26(17-11-12-33(29,30)15-17)23(27)14-32-24(28)20-13-22(16-7-9-18(31-2)10-8-16)25-21-6-4-3-5-19(20)21/h3-10,13,17H,11-12,14-15H2,1-2H3/t17-/m0/s1. The van der Waals surface area contributed by atoms with Crippen LogP contribution in [0.4, 0.5) is 0 Å². The lowest BCUT2D eigenvalue weighted by Gasteiger charge is -2.23. The molecule has 2 aromatic carbocycles. The smallest absolute Gasteiger partial charge is 0.339 e. The number of ether oxygens (including phenoxy) is 2. The summed E-state index contributed by atoms with van der Waals surface area (Å²) in [5.74, 6) is -0.393. The average Bonchev–Trinajstić information content (AvgIpc) is 3.20. The fraction of sp³-hybridized carbons (Fsp3) is 0.292. The van der Waals surface area contributed by atoms with Crippen molar-refractivity contribution in [3.8, 4) is 17.0 Å². The van der Waals surface area contributed by atoms with Gasteiger partial charge < -0.3 is 14.4 Å². The summed E-state index contributed by atoms with van der Waals surface area (Å²) in [4.78, 5) is 31.5. The molecule has 0 N–H and O–H groups in total. The summed E-state index contributed by atoms with van der Waals surface area (Å²) in [6, 6.07) is 15.8. The first-order valence-electron chi connectivity index (χ1n) is 10.4. The molecular weight excluding hydrogens is 444 g/mol. The van der Waals surface area contributed by atoms with E-state index in [4.69, 9.17) is 9.47 Å². The third kappa shape index (κ3) is 4.98. The second-order valence-electron chi connectivity index (χ2n) is 7.94. The molecule has 4 rings (SSSR count). The van der Waals surface area contributed by atoms with E-state index in [1.54, 1.807) is 31.4 Å². The van der Waals surface area contributed by atoms with Crippen molar-refractivity contribution in [2.45, 2.75) is 12.5 Å². The fourth-order valence-electron chi connectivity index (χ4n) is 3.85. The van der Waals surface area contributed by atoms with Crippen LogP contribution in [0.25, 0.3) is 22.2 Å². The first kappa shape index (κ1) is 22.7. The number of esters is 1. The third-order valence-corrected chi connectivity index (χ3v) is 7.55. The number of benzene rings is 2. The number of rotatable bonds is 6. The summed E-state index contributed by atoms with van der Waals surface area (Å²) in [5.41, 5.74) is 2.31. The Kier molecular flexibility index (Phi) is 6.33. The Hall–Kier alpha value is -3.46. The minimum Gasteiger partial charge on any atom is -0.497 e. The molecule has 1 saturated heterocycles. The van der Waals surface area contributed by atoms with Gasteiger partial charge in [-0.05, 0) is 42.8 Å². The van der Waals surface area contributed by atoms with Crippen molar-refractivity contribution in [3.63, 3.8) is 0 Å². The second-order valence-corrected chi connectivity index (χ2v) is 10.2. The van der Waals surface area contributed by atoms with Crippen LogP contribution in [0.3, 0.4) is 0 Å². The van der Waals surface area contributed by atoms with Crippen LogP contribution in [0.15, 0.2) is 54.6 Å². The number of methoxy groups -OCH3 is 1. The first-order chi connectivity index (χ1) is 15.8. The summed E-state index contributed by atoms with van der Waals surface area (Å²) in [6.45, 7) is -0.472. The molecule has 0 aliphatic carbocycles. The number of carbonyl (C=O) groups is 2. The van der Waals surface area contributed by atoms with Gasteiger partial charge in [-0.25, -0.2) is 18.2 Å². The van der Waals surface area contributed by atoms with Gasteiger partial charge in [-0.1, -0.05) is 18.2 Å². The predicted octanol–water partition coefficient (Wildman–Crippen LogP) is 2.71. The average molecular weight is 469 g/mol. The van der Waals surface area contributed by atoms with Gasteiger partial charge in [-0.2, -0.15) is 0 Å². The van der Waals surface area contributed by atoms with Crippen LogP contribution < -0.4 is 4.74 Å². The first-order valence-corrected chi connectivity index (χ1v) is 12.3. The van der Waals surface area contributed by atoms with E-state index in [9.17, 15) is 18.0 Å². The number of carbonyl (C=O) groups excluding carboxylic acids is 2. The normalized spacial score (nSPS) is 17.0. The molecule has 1 atom stereocenters. The molecule has 33 heavy (non-hydrogen) atoms. The van der Waals surface area contributed by atoms with Gasteiger partial charge in [0.25, 0.3) is 5.91 Å². The highest BCUT2D eigenvalue weighted by Crippen LogP contribution is 2.27. The zero-order valence-corrected chi connectivity index (χ0v) is 19.2. The van der Waals surface area contributed by atoms with E-state index in [0.717, 1.165) is 5.56 Å².